The van der Waals surface area contributed by atoms with Crippen molar-refractivity contribution in [3.8, 4) is 22.9 Å². The van der Waals surface area contributed by atoms with Crippen molar-refractivity contribution < 1.29 is 4.74 Å². The van der Waals surface area contributed by atoms with Crippen LogP contribution in [0.4, 0.5) is 0 Å². The highest BCUT2D eigenvalue weighted by Gasteiger charge is 2.21. The molecule has 0 N–H and O–H groups in total. The third-order valence-electron chi connectivity index (χ3n) is 5.45. The molecule has 0 aliphatic rings. The normalized spacial score (nSPS) is 12.1. The van der Waals surface area contributed by atoms with Crippen LogP contribution in [0.25, 0.3) is 33.9 Å². The molecule has 0 saturated carbocycles. The molecule has 0 amide bonds. The molecule has 0 radical (unpaired) electrons. The fourth-order valence-corrected chi connectivity index (χ4v) is 5.20. The number of nitrogens with zero attached hydrogens (tertiary/aromatic N) is 4. The van der Waals surface area contributed by atoms with E-state index in [0.29, 0.717) is 16.8 Å². The van der Waals surface area contributed by atoms with Gasteiger partial charge in [-0.2, -0.15) is 0 Å². The number of hydrogen-bond donors (Lipinski definition) is 0. The molecule has 174 valence electrons. The average Bonchev–Trinajstić information content (AvgIpc) is 3.31. The van der Waals surface area contributed by atoms with Crippen molar-refractivity contribution in [2.24, 2.45) is 0 Å². The van der Waals surface area contributed by atoms with Crippen LogP contribution in [-0.2, 0) is 18.0 Å². The number of imidazole rings is 2. The Labute approximate surface area is 213 Å². The molecule has 4 aromatic rings. The van der Waals surface area contributed by atoms with Crippen LogP contribution in [0.1, 0.15) is 6.92 Å². The summed E-state index contributed by atoms with van der Waals surface area (Å²) in [6.45, 7) is 11.0. The number of benzene rings is 2. The fourth-order valence-electron chi connectivity index (χ4n) is 3.59. The van der Waals surface area contributed by atoms with Crippen molar-refractivity contribution in [3.05, 3.63) is 57.1 Å². The van der Waals surface area contributed by atoms with Crippen LogP contribution in [0.3, 0.4) is 0 Å². The molecule has 0 saturated heterocycles. The lowest BCUT2D eigenvalue weighted by Gasteiger charge is -2.16. The lowest BCUT2D eigenvalue weighted by molar-refractivity contribution is 0.0908. The van der Waals surface area contributed by atoms with Crippen molar-refractivity contribution in [2.75, 3.05) is 6.61 Å². The second-order valence-electron chi connectivity index (χ2n) is 9.20. The first-order valence-corrected chi connectivity index (χ1v) is 16.2. The molecule has 2 heterocycles. The van der Waals surface area contributed by atoms with Crippen LogP contribution in [0.2, 0.25) is 35.7 Å². The fraction of sp³-hybridized carbons (Fsp3) is 0.333. The summed E-state index contributed by atoms with van der Waals surface area (Å²) < 4.78 is 11.3. The maximum Gasteiger partial charge on any atom is 0.179 e. The van der Waals surface area contributed by atoms with Crippen LogP contribution < -0.4 is 0 Å². The first kappa shape index (κ1) is 24.5. The van der Waals surface area contributed by atoms with E-state index in [1.54, 1.807) is 6.07 Å². The molecule has 0 spiro atoms. The van der Waals surface area contributed by atoms with Gasteiger partial charge >= 0.3 is 0 Å². The number of halogens is 3. The highest BCUT2D eigenvalue weighted by atomic mass is 79.9. The van der Waals surface area contributed by atoms with E-state index in [1.165, 1.54) is 0 Å². The summed E-state index contributed by atoms with van der Waals surface area (Å²) in [6.07, 6.45) is 2.01. The zero-order valence-corrected chi connectivity index (χ0v) is 23.3. The molecule has 0 aliphatic carbocycles. The maximum atomic E-state index is 6.47. The molecule has 2 aromatic heterocycles. The Kier molecular flexibility index (Phi) is 7.36. The molecule has 5 nitrogen and oxygen atoms in total. The van der Waals surface area contributed by atoms with Gasteiger partial charge in [-0.3, -0.25) is 4.57 Å². The molecular weight excluding hydrogens is 539 g/mol. The topological polar surface area (TPSA) is 44.9 Å². The summed E-state index contributed by atoms with van der Waals surface area (Å²) in [5, 5.41) is 1.17. The molecule has 0 unspecified atom stereocenters. The van der Waals surface area contributed by atoms with Crippen LogP contribution >= 0.6 is 39.1 Å². The Bertz CT molecular complexity index is 1300. The Morgan fingerprint density at radius 1 is 1.03 bits per heavy atom. The van der Waals surface area contributed by atoms with Crippen molar-refractivity contribution in [2.45, 2.75) is 45.9 Å². The maximum absolute atomic E-state index is 6.47. The number of ether oxygens (including phenoxy) is 1. The summed E-state index contributed by atoms with van der Waals surface area (Å²) in [5.41, 5.74) is 3.53. The minimum atomic E-state index is -1.17. The number of rotatable bonds is 8. The van der Waals surface area contributed by atoms with Gasteiger partial charge in [0.15, 0.2) is 11.6 Å². The number of aromatic nitrogens is 4. The molecule has 0 fully saturated rings. The average molecular weight is 566 g/mol. The summed E-state index contributed by atoms with van der Waals surface area (Å²) >= 11 is 16.2. The summed E-state index contributed by atoms with van der Waals surface area (Å²) in [7, 11) is -1.17. The molecule has 0 aliphatic heterocycles. The van der Waals surface area contributed by atoms with Crippen molar-refractivity contribution in [3.63, 3.8) is 0 Å². The van der Waals surface area contributed by atoms with Gasteiger partial charge in [-0.25, -0.2) is 9.97 Å². The van der Waals surface area contributed by atoms with Crippen LogP contribution in [0, 0.1) is 0 Å². The molecular formula is C24H27BrCl2N4OSi. The first-order chi connectivity index (χ1) is 15.7. The zero-order chi connectivity index (χ0) is 23.8. The Morgan fingerprint density at radius 3 is 2.52 bits per heavy atom. The Hall–Kier alpha value is -1.64. The van der Waals surface area contributed by atoms with E-state index >= 15 is 0 Å². The largest absolute Gasteiger partial charge is 0.361 e. The highest BCUT2D eigenvalue weighted by molar-refractivity contribution is 9.10. The molecule has 4 rings (SSSR count). The summed E-state index contributed by atoms with van der Waals surface area (Å²) in [6, 6.07) is 12.7. The first-order valence-electron chi connectivity index (χ1n) is 10.9. The van der Waals surface area contributed by atoms with Crippen molar-refractivity contribution in [1.82, 2.24) is 19.1 Å². The zero-order valence-electron chi connectivity index (χ0n) is 19.2. The van der Waals surface area contributed by atoms with Crippen LogP contribution in [0.5, 0.6) is 0 Å². The van der Waals surface area contributed by atoms with E-state index in [1.807, 2.05) is 30.5 Å². The van der Waals surface area contributed by atoms with Gasteiger partial charge in [0.05, 0.1) is 21.7 Å². The molecule has 9 heteroatoms. The third-order valence-corrected chi connectivity index (χ3v) is 8.20. The second kappa shape index (κ2) is 9.92. The van der Waals surface area contributed by atoms with Gasteiger partial charge in [0.2, 0.25) is 0 Å². The standard InChI is InChI=1S/C24H27BrCl2N4OSi/c1-5-30-14-21(18-8-7-17(26)13-19(18)27)29-23(30)24-28-20-9-6-16(25)12-22(20)31(24)15-32-10-11-33(2,3)4/h6-9,12-14H,5,10-11,15H2,1-4H3. The minimum absolute atomic E-state index is 0.417. The second-order valence-corrected chi connectivity index (χ2v) is 16.6. The van der Waals surface area contributed by atoms with Gasteiger partial charge in [-0.1, -0.05) is 58.8 Å². The number of aryl methyl sites for hydroxylation is 1. The minimum Gasteiger partial charge on any atom is -0.361 e. The van der Waals surface area contributed by atoms with E-state index in [2.05, 4.69) is 57.7 Å². The predicted molar refractivity (Wildman–Crippen MR) is 144 cm³/mol. The van der Waals surface area contributed by atoms with E-state index in [4.69, 9.17) is 37.9 Å². The van der Waals surface area contributed by atoms with E-state index in [9.17, 15) is 0 Å². The molecule has 2 aromatic carbocycles. The summed E-state index contributed by atoms with van der Waals surface area (Å²) in [4.78, 5) is 9.89. The quantitative estimate of drug-likeness (QED) is 0.161. The summed E-state index contributed by atoms with van der Waals surface area (Å²) in [5.74, 6) is 1.55. The van der Waals surface area contributed by atoms with Crippen LogP contribution in [-0.4, -0.2) is 33.8 Å². The molecule has 0 atom stereocenters. The van der Waals surface area contributed by atoms with E-state index in [-0.39, 0.29) is 0 Å². The predicted octanol–water partition coefficient (Wildman–Crippen LogP) is 7.97. The van der Waals surface area contributed by atoms with Gasteiger partial charge in [0, 0.05) is 42.5 Å². The third kappa shape index (κ3) is 5.54. The smallest absolute Gasteiger partial charge is 0.179 e. The molecule has 33 heavy (non-hydrogen) atoms. The monoisotopic (exact) mass is 564 g/mol. The van der Waals surface area contributed by atoms with E-state index in [0.717, 1.165) is 57.6 Å². The number of hydrogen-bond acceptors (Lipinski definition) is 3. The van der Waals surface area contributed by atoms with Gasteiger partial charge in [0.25, 0.3) is 0 Å². The highest BCUT2D eigenvalue weighted by Crippen LogP contribution is 2.33. The number of fused-ring (bicyclic) bond motifs is 1. The van der Waals surface area contributed by atoms with Crippen molar-refractivity contribution in [1.29, 1.82) is 0 Å². The SMILES string of the molecule is CCn1cc(-c2ccc(Cl)cc2Cl)nc1-c1nc2ccc(Br)cc2n1COCC[Si](C)(C)C. The molecule has 0 bridgehead atoms. The van der Waals surface area contributed by atoms with E-state index < -0.39 is 8.07 Å². The lowest BCUT2D eigenvalue weighted by Crippen LogP contribution is -2.22. The lowest BCUT2D eigenvalue weighted by atomic mass is 10.2. The van der Waals surface area contributed by atoms with Gasteiger partial charge in [-0.15, -0.1) is 0 Å². The van der Waals surface area contributed by atoms with Gasteiger partial charge in [0.1, 0.15) is 6.73 Å². The Balaban J connectivity index is 1.78. The van der Waals surface area contributed by atoms with Crippen LogP contribution in [0.15, 0.2) is 47.1 Å². The Morgan fingerprint density at radius 2 is 1.82 bits per heavy atom. The van der Waals surface area contributed by atoms with Crippen molar-refractivity contribution >= 4 is 58.2 Å². The van der Waals surface area contributed by atoms with Gasteiger partial charge in [-0.05, 0) is 49.4 Å². The van der Waals surface area contributed by atoms with Gasteiger partial charge < -0.3 is 9.30 Å².